The monoisotopic (exact) mass is 459 g/mol. The molecule has 0 radical (unpaired) electrons. The number of rotatable bonds is 5. The Morgan fingerprint density at radius 2 is 1.82 bits per heavy atom. The second kappa shape index (κ2) is 8.33. The van der Waals surface area contributed by atoms with Crippen LogP contribution in [0.3, 0.4) is 0 Å². The number of hydrogen-bond donors (Lipinski definition) is 1. The number of aromatic nitrogens is 4. The molecule has 148 valence electrons. The average Bonchev–Trinajstić information content (AvgIpc) is 3.11. The van der Waals surface area contributed by atoms with Crippen LogP contribution < -0.4 is 5.32 Å². The van der Waals surface area contributed by atoms with Gasteiger partial charge in [-0.15, -0.1) is 0 Å². The van der Waals surface area contributed by atoms with Crippen LogP contribution in [0.4, 0.5) is 5.82 Å². The Kier molecular flexibility index (Phi) is 6.25. The number of carbonyl (C=O) groups is 1. The lowest BCUT2D eigenvalue weighted by Gasteiger charge is -2.13. The minimum absolute atomic E-state index is 0.270. The molecule has 1 aromatic carbocycles. The molecular weight excluding hydrogens is 444 g/mol. The van der Waals surface area contributed by atoms with Gasteiger partial charge in [-0.05, 0) is 38.5 Å². The van der Waals surface area contributed by atoms with Gasteiger partial charge in [-0.25, -0.2) is 0 Å². The summed E-state index contributed by atoms with van der Waals surface area (Å²) in [6.07, 6.45) is 1.63. The summed E-state index contributed by atoms with van der Waals surface area (Å²) in [5, 5.41) is 13.2. The van der Waals surface area contributed by atoms with Crippen LogP contribution in [0.2, 0.25) is 20.1 Å². The van der Waals surface area contributed by atoms with E-state index in [1.54, 1.807) is 41.5 Å². The first-order valence-electron chi connectivity index (χ1n) is 8.36. The predicted molar refractivity (Wildman–Crippen MR) is 113 cm³/mol. The van der Waals surface area contributed by atoms with Crippen LogP contribution in [0, 0.1) is 13.8 Å². The molecule has 2 aromatic heterocycles. The lowest BCUT2D eigenvalue weighted by Crippen LogP contribution is -2.25. The quantitative estimate of drug-likeness (QED) is 0.542. The minimum Gasteiger partial charge on any atom is -0.306 e. The Balaban J connectivity index is 1.74. The third-order valence-electron chi connectivity index (χ3n) is 4.27. The molecule has 1 atom stereocenters. The third kappa shape index (κ3) is 4.30. The molecule has 0 saturated carbocycles. The first-order chi connectivity index (χ1) is 13.2. The SMILES string of the molecule is Cc1nn(C(C)C(=O)Nc2nn(Cc3ccc(Cl)c(Cl)c3)cc2Cl)c(C)c1Cl. The molecule has 0 fully saturated rings. The van der Waals surface area contributed by atoms with Crippen molar-refractivity contribution in [1.29, 1.82) is 0 Å². The van der Waals surface area contributed by atoms with Crippen LogP contribution in [0.5, 0.6) is 0 Å². The number of carbonyl (C=O) groups excluding carboxylic acids is 1. The van der Waals surface area contributed by atoms with Crippen molar-refractivity contribution in [3.05, 3.63) is 61.4 Å². The first-order valence-corrected chi connectivity index (χ1v) is 9.87. The minimum atomic E-state index is -0.581. The zero-order valence-corrected chi connectivity index (χ0v) is 18.3. The molecule has 1 N–H and O–H groups in total. The Morgan fingerprint density at radius 3 is 2.43 bits per heavy atom. The molecule has 0 spiro atoms. The summed E-state index contributed by atoms with van der Waals surface area (Å²) < 4.78 is 3.19. The lowest BCUT2D eigenvalue weighted by molar-refractivity contribution is -0.119. The van der Waals surface area contributed by atoms with E-state index in [-0.39, 0.29) is 11.7 Å². The van der Waals surface area contributed by atoms with E-state index in [0.717, 1.165) is 11.3 Å². The van der Waals surface area contributed by atoms with Gasteiger partial charge >= 0.3 is 0 Å². The third-order valence-corrected chi connectivity index (χ3v) is 5.83. The fourth-order valence-corrected chi connectivity index (χ4v) is 3.38. The number of benzene rings is 1. The van der Waals surface area contributed by atoms with Gasteiger partial charge in [0.1, 0.15) is 11.1 Å². The maximum absolute atomic E-state index is 12.6. The average molecular weight is 461 g/mol. The highest BCUT2D eigenvalue weighted by atomic mass is 35.5. The van der Waals surface area contributed by atoms with E-state index in [0.29, 0.717) is 32.3 Å². The second-order valence-electron chi connectivity index (χ2n) is 6.37. The van der Waals surface area contributed by atoms with E-state index in [4.69, 9.17) is 46.4 Å². The Labute approximate surface area is 182 Å². The van der Waals surface area contributed by atoms with Crippen molar-refractivity contribution in [2.75, 3.05) is 5.32 Å². The Morgan fingerprint density at radius 1 is 1.11 bits per heavy atom. The lowest BCUT2D eigenvalue weighted by atomic mass is 10.2. The van der Waals surface area contributed by atoms with E-state index >= 15 is 0 Å². The first kappa shape index (κ1) is 21.0. The van der Waals surface area contributed by atoms with Gasteiger partial charge in [-0.1, -0.05) is 52.5 Å². The van der Waals surface area contributed by atoms with Crippen LogP contribution in [0.25, 0.3) is 0 Å². The summed E-state index contributed by atoms with van der Waals surface area (Å²) in [7, 11) is 0. The molecule has 3 aromatic rings. The van der Waals surface area contributed by atoms with Crippen LogP contribution in [0.15, 0.2) is 24.4 Å². The highest BCUT2D eigenvalue weighted by molar-refractivity contribution is 6.42. The van der Waals surface area contributed by atoms with Crippen molar-refractivity contribution in [2.45, 2.75) is 33.4 Å². The van der Waals surface area contributed by atoms with Crippen molar-refractivity contribution in [1.82, 2.24) is 19.6 Å². The number of nitrogens with one attached hydrogen (secondary N) is 1. The van der Waals surface area contributed by atoms with Crippen LogP contribution in [-0.4, -0.2) is 25.5 Å². The van der Waals surface area contributed by atoms with Gasteiger partial charge in [0.15, 0.2) is 5.82 Å². The number of amides is 1. The standard InChI is InChI=1S/C18H17Cl4N5O/c1-9-16(22)10(2)27(24-9)11(3)18(28)23-17-15(21)8-26(25-17)7-12-4-5-13(19)14(20)6-12/h4-6,8,11H,7H2,1-3H3,(H,23,25,28). The summed E-state index contributed by atoms with van der Waals surface area (Å²) >= 11 is 24.4. The number of hydrogen-bond acceptors (Lipinski definition) is 3. The van der Waals surface area contributed by atoms with E-state index in [1.165, 1.54) is 0 Å². The van der Waals surface area contributed by atoms with Crippen LogP contribution in [0.1, 0.15) is 29.9 Å². The highest BCUT2D eigenvalue weighted by Crippen LogP contribution is 2.26. The molecule has 3 rings (SSSR count). The largest absolute Gasteiger partial charge is 0.306 e. The number of anilines is 1. The molecule has 1 unspecified atom stereocenters. The molecule has 0 aliphatic carbocycles. The smallest absolute Gasteiger partial charge is 0.250 e. The van der Waals surface area contributed by atoms with Crippen molar-refractivity contribution in [3.8, 4) is 0 Å². The number of aryl methyl sites for hydroxylation is 1. The highest BCUT2D eigenvalue weighted by Gasteiger charge is 2.22. The summed E-state index contributed by atoms with van der Waals surface area (Å²) in [6.45, 7) is 5.75. The van der Waals surface area contributed by atoms with Crippen molar-refractivity contribution in [3.63, 3.8) is 0 Å². The van der Waals surface area contributed by atoms with Gasteiger partial charge in [-0.3, -0.25) is 14.2 Å². The molecule has 2 heterocycles. The summed E-state index contributed by atoms with van der Waals surface area (Å²) in [4.78, 5) is 12.6. The van der Waals surface area contributed by atoms with E-state index in [1.807, 2.05) is 13.0 Å². The topological polar surface area (TPSA) is 64.7 Å². The summed E-state index contributed by atoms with van der Waals surface area (Å²) in [5.41, 5.74) is 2.29. The predicted octanol–water partition coefficient (Wildman–Crippen LogP) is 5.56. The van der Waals surface area contributed by atoms with Gasteiger partial charge in [0.2, 0.25) is 5.91 Å². The van der Waals surface area contributed by atoms with E-state index in [9.17, 15) is 4.79 Å². The molecule has 0 aliphatic rings. The van der Waals surface area contributed by atoms with Gasteiger partial charge < -0.3 is 5.32 Å². The zero-order valence-electron chi connectivity index (χ0n) is 15.3. The van der Waals surface area contributed by atoms with Crippen molar-refractivity contribution < 1.29 is 4.79 Å². The number of nitrogens with zero attached hydrogens (tertiary/aromatic N) is 4. The van der Waals surface area contributed by atoms with Crippen molar-refractivity contribution >= 4 is 58.1 Å². The number of halogens is 4. The fourth-order valence-electron chi connectivity index (χ4n) is 2.74. The van der Waals surface area contributed by atoms with Gasteiger partial charge in [0.05, 0.1) is 33.0 Å². The van der Waals surface area contributed by atoms with Crippen LogP contribution >= 0.6 is 46.4 Å². The zero-order chi connectivity index (χ0) is 20.6. The molecule has 28 heavy (non-hydrogen) atoms. The fraction of sp³-hybridized carbons (Fsp3) is 0.278. The van der Waals surface area contributed by atoms with Gasteiger partial charge in [0.25, 0.3) is 0 Å². The maximum atomic E-state index is 12.6. The molecule has 1 amide bonds. The molecule has 10 heteroatoms. The van der Waals surface area contributed by atoms with E-state index in [2.05, 4.69) is 15.5 Å². The van der Waals surface area contributed by atoms with Gasteiger partial charge in [-0.2, -0.15) is 10.2 Å². The van der Waals surface area contributed by atoms with Crippen molar-refractivity contribution in [2.24, 2.45) is 0 Å². The van der Waals surface area contributed by atoms with Crippen LogP contribution in [-0.2, 0) is 11.3 Å². The Hall–Kier alpha value is -1.73. The maximum Gasteiger partial charge on any atom is 0.250 e. The summed E-state index contributed by atoms with van der Waals surface area (Å²) in [6, 6.07) is 4.74. The molecular formula is C18H17Cl4N5O. The molecule has 6 nitrogen and oxygen atoms in total. The van der Waals surface area contributed by atoms with Gasteiger partial charge in [0, 0.05) is 6.20 Å². The molecule has 0 aliphatic heterocycles. The normalized spacial score (nSPS) is 12.2. The Bertz CT molecular complexity index is 1040. The molecule has 0 saturated heterocycles. The second-order valence-corrected chi connectivity index (χ2v) is 7.97. The molecule has 0 bridgehead atoms. The summed E-state index contributed by atoms with van der Waals surface area (Å²) in [5.74, 6) is -0.0323. The van der Waals surface area contributed by atoms with E-state index < -0.39 is 6.04 Å².